The van der Waals surface area contributed by atoms with Gasteiger partial charge in [-0.2, -0.15) is 0 Å². The molecule has 158 valence electrons. The molecule has 0 bridgehead atoms. The van der Waals surface area contributed by atoms with Crippen molar-refractivity contribution < 1.29 is 14.2 Å². The van der Waals surface area contributed by atoms with Gasteiger partial charge in [-0.3, -0.25) is 4.90 Å². The highest BCUT2D eigenvalue weighted by molar-refractivity contribution is 14.0. The SMILES string of the molecule is CCNC(=NCc1cc(Cl)c2c(c1)OCCO2)NCC(C)N1CCOCC1.I. The molecule has 1 atom stereocenters. The lowest BCUT2D eigenvalue weighted by molar-refractivity contribution is 0.0211. The third kappa shape index (κ3) is 6.53. The number of benzene rings is 1. The van der Waals surface area contributed by atoms with E-state index in [0.717, 1.165) is 50.9 Å². The van der Waals surface area contributed by atoms with Crippen molar-refractivity contribution in [1.29, 1.82) is 0 Å². The first kappa shape index (κ1) is 23.3. The molecule has 2 aliphatic heterocycles. The standard InChI is InChI=1S/C19H29ClN4O3.HI/c1-3-21-19(22-12-14(2)24-4-6-25-7-5-24)23-13-15-10-16(20)18-17(11-15)26-8-9-27-18;/h10-11,14H,3-9,12-13H2,1-2H3,(H2,21,22,23);1H. The highest BCUT2D eigenvalue weighted by Gasteiger charge is 2.18. The van der Waals surface area contributed by atoms with Gasteiger partial charge in [-0.1, -0.05) is 11.6 Å². The molecule has 2 N–H and O–H groups in total. The number of guanidine groups is 1. The van der Waals surface area contributed by atoms with Gasteiger partial charge in [0.2, 0.25) is 0 Å². The van der Waals surface area contributed by atoms with Gasteiger partial charge in [-0.05, 0) is 31.5 Å². The van der Waals surface area contributed by atoms with Gasteiger partial charge < -0.3 is 24.8 Å². The molecule has 0 spiro atoms. The molecule has 0 saturated carbocycles. The van der Waals surface area contributed by atoms with Crippen LogP contribution < -0.4 is 20.1 Å². The summed E-state index contributed by atoms with van der Waals surface area (Å²) < 4.78 is 16.6. The molecule has 0 amide bonds. The van der Waals surface area contributed by atoms with E-state index in [4.69, 9.17) is 25.8 Å². The average molecular weight is 525 g/mol. The van der Waals surface area contributed by atoms with Gasteiger partial charge in [0.25, 0.3) is 0 Å². The summed E-state index contributed by atoms with van der Waals surface area (Å²) in [7, 11) is 0. The van der Waals surface area contributed by atoms with E-state index in [9.17, 15) is 0 Å². The van der Waals surface area contributed by atoms with Crippen LogP contribution in [-0.4, -0.2) is 69.5 Å². The normalized spacial score (nSPS) is 18.2. The summed E-state index contributed by atoms with van der Waals surface area (Å²) in [6.07, 6.45) is 0. The van der Waals surface area contributed by atoms with Crippen molar-refractivity contribution in [3.05, 3.63) is 22.7 Å². The quantitative estimate of drug-likeness (QED) is 0.339. The second kappa shape index (κ2) is 11.9. The van der Waals surface area contributed by atoms with Crippen LogP contribution in [0.15, 0.2) is 17.1 Å². The molecular weight excluding hydrogens is 495 g/mol. The third-order valence-electron chi connectivity index (χ3n) is 4.65. The maximum Gasteiger partial charge on any atom is 0.191 e. The van der Waals surface area contributed by atoms with Crippen molar-refractivity contribution >= 4 is 41.5 Å². The predicted octanol–water partition coefficient (Wildman–Crippen LogP) is 2.51. The second-order valence-electron chi connectivity index (χ2n) is 6.68. The predicted molar refractivity (Wildman–Crippen MR) is 123 cm³/mol. The largest absolute Gasteiger partial charge is 0.486 e. The van der Waals surface area contributed by atoms with Gasteiger partial charge >= 0.3 is 0 Å². The lowest BCUT2D eigenvalue weighted by atomic mass is 10.2. The molecule has 1 fully saturated rings. The molecule has 0 radical (unpaired) electrons. The number of hydrogen-bond donors (Lipinski definition) is 2. The number of rotatable bonds is 6. The van der Waals surface area contributed by atoms with Gasteiger partial charge in [0, 0.05) is 32.2 Å². The number of hydrogen-bond acceptors (Lipinski definition) is 5. The summed E-state index contributed by atoms with van der Waals surface area (Å²) >= 11 is 6.31. The summed E-state index contributed by atoms with van der Waals surface area (Å²) in [5, 5.41) is 7.29. The minimum atomic E-state index is 0. The van der Waals surface area contributed by atoms with E-state index in [1.165, 1.54) is 0 Å². The Kier molecular flexibility index (Phi) is 9.90. The molecule has 0 aromatic heterocycles. The van der Waals surface area contributed by atoms with Gasteiger partial charge in [-0.15, -0.1) is 24.0 Å². The van der Waals surface area contributed by atoms with Crippen LogP contribution in [0.5, 0.6) is 11.5 Å². The molecule has 0 aliphatic carbocycles. The summed E-state index contributed by atoms with van der Waals surface area (Å²) in [6, 6.07) is 4.25. The Bertz CT molecular complexity index is 656. The smallest absolute Gasteiger partial charge is 0.191 e. The van der Waals surface area contributed by atoms with Crippen molar-refractivity contribution in [2.24, 2.45) is 4.99 Å². The van der Waals surface area contributed by atoms with Crippen molar-refractivity contribution in [3.8, 4) is 11.5 Å². The number of fused-ring (bicyclic) bond motifs is 1. The highest BCUT2D eigenvalue weighted by Crippen LogP contribution is 2.38. The van der Waals surface area contributed by atoms with E-state index in [0.29, 0.717) is 42.3 Å². The fraction of sp³-hybridized carbons (Fsp3) is 0.632. The Balaban J connectivity index is 0.00000280. The highest BCUT2D eigenvalue weighted by atomic mass is 127. The third-order valence-corrected chi connectivity index (χ3v) is 4.94. The van der Waals surface area contributed by atoms with E-state index in [2.05, 4.69) is 34.4 Å². The summed E-state index contributed by atoms with van der Waals surface area (Å²) in [5.41, 5.74) is 0.989. The molecule has 1 unspecified atom stereocenters. The maximum atomic E-state index is 6.31. The molecule has 2 heterocycles. The van der Waals surface area contributed by atoms with Gasteiger partial charge in [0.1, 0.15) is 13.2 Å². The summed E-state index contributed by atoms with van der Waals surface area (Å²) in [5.74, 6) is 2.11. The Morgan fingerprint density at radius 1 is 1.18 bits per heavy atom. The van der Waals surface area contributed by atoms with Crippen LogP contribution in [-0.2, 0) is 11.3 Å². The van der Waals surface area contributed by atoms with E-state index in [1.54, 1.807) is 0 Å². The number of nitrogens with one attached hydrogen (secondary N) is 2. The van der Waals surface area contributed by atoms with Crippen LogP contribution in [0.25, 0.3) is 0 Å². The van der Waals surface area contributed by atoms with Gasteiger partial charge in [0.15, 0.2) is 17.5 Å². The first-order valence-electron chi connectivity index (χ1n) is 9.59. The Hall–Kier alpha value is -0.970. The van der Waals surface area contributed by atoms with Crippen molar-refractivity contribution in [2.75, 3.05) is 52.6 Å². The number of aliphatic imine (C=N–C) groups is 1. The monoisotopic (exact) mass is 524 g/mol. The van der Waals surface area contributed by atoms with Gasteiger partial charge in [-0.25, -0.2) is 4.99 Å². The number of nitrogens with zero attached hydrogens (tertiary/aromatic N) is 2. The minimum Gasteiger partial charge on any atom is -0.486 e. The Morgan fingerprint density at radius 2 is 1.93 bits per heavy atom. The van der Waals surface area contributed by atoms with Crippen molar-refractivity contribution in [3.63, 3.8) is 0 Å². The first-order chi connectivity index (χ1) is 13.2. The van der Waals surface area contributed by atoms with Crippen LogP contribution in [0, 0.1) is 0 Å². The summed E-state index contributed by atoms with van der Waals surface area (Å²) in [6.45, 7) is 11.1. The topological polar surface area (TPSA) is 67.4 Å². The van der Waals surface area contributed by atoms with Crippen LogP contribution in [0.2, 0.25) is 5.02 Å². The number of ether oxygens (including phenoxy) is 3. The zero-order valence-corrected chi connectivity index (χ0v) is 19.6. The van der Waals surface area contributed by atoms with Crippen molar-refractivity contribution in [1.82, 2.24) is 15.5 Å². The molecule has 9 heteroatoms. The molecule has 1 aromatic carbocycles. The van der Waals surface area contributed by atoms with Crippen LogP contribution >= 0.6 is 35.6 Å². The minimum absolute atomic E-state index is 0. The molecule has 3 rings (SSSR count). The first-order valence-corrected chi connectivity index (χ1v) is 9.97. The summed E-state index contributed by atoms with van der Waals surface area (Å²) in [4.78, 5) is 7.12. The Morgan fingerprint density at radius 3 is 2.68 bits per heavy atom. The maximum absolute atomic E-state index is 6.31. The number of morpholine rings is 1. The fourth-order valence-corrected chi connectivity index (χ4v) is 3.45. The molecule has 1 saturated heterocycles. The van der Waals surface area contributed by atoms with Gasteiger partial charge in [0.05, 0.1) is 24.8 Å². The lowest BCUT2D eigenvalue weighted by Gasteiger charge is -2.32. The van der Waals surface area contributed by atoms with Crippen LogP contribution in [0.1, 0.15) is 19.4 Å². The average Bonchev–Trinajstić information content (AvgIpc) is 2.70. The fourth-order valence-electron chi connectivity index (χ4n) is 3.16. The molecular formula is C19H30ClIN4O3. The van der Waals surface area contributed by atoms with Crippen LogP contribution in [0.4, 0.5) is 0 Å². The molecule has 28 heavy (non-hydrogen) atoms. The second-order valence-corrected chi connectivity index (χ2v) is 7.08. The van der Waals surface area contributed by atoms with E-state index in [1.807, 2.05) is 12.1 Å². The van der Waals surface area contributed by atoms with E-state index in [-0.39, 0.29) is 24.0 Å². The molecule has 2 aliphatic rings. The van der Waals surface area contributed by atoms with E-state index >= 15 is 0 Å². The molecule has 7 nitrogen and oxygen atoms in total. The van der Waals surface area contributed by atoms with E-state index < -0.39 is 0 Å². The zero-order chi connectivity index (χ0) is 19.1. The lowest BCUT2D eigenvalue weighted by Crippen LogP contribution is -2.49. The van der Waals surface area contributed by atoms with Crippen LogP contribution in [0.3, 0.4) is 0 Å². The molecule has 1 aromatic rings. The Labute approximate surface area is 189 Å². The van der Waals surface area contributed by atoms with Crippen molar-refractivity contribution in [2.45, 2.75) is 26.4 Å². The number of halogens is 2. The zero-order valence-electron chi connectivity index (χ0n) is 16.5.